The summed E-state index contributed by atoms with van der Waals surface area (Å²) in [5, 5.41) is 9.16. The van der Waals surface area contributed by atoms with Crippen molar-refractivity contribution >= 4 is 17.9 Å². The van der Waals surface area contributed by atoms with Gasteiger partial charge in [0.2, 0.25) is 0 Å². The molecule has 1 N–H and O–H groups in total. The van der Waals surface area contributed by atoms with Crippen molar-refractivity contribution in [2.24, 2.45) is 0 Å². The molecule has 0 fully saturated rings. The molecule has 0 aromatic rings. The van der Waals surface area contributed by atoms with Crippen molar-refractivity contribution in [2.45, 2.75) is 12.2 Å². The number of esters is 3. The van der Waals surface area contributed by atoms with Crippen LogP contribution in [0.2, 0.25) is 0 Å². The van der Waals surface area contributed by atoms with E-state index < -0.39 is 43.3 Å². The zero-order valence-corrected chi connectivity index (χ0v) is 10.8. The molecule has 0 radical (unpaired) electrons. The summed E-state index contributed by atoms with van der Waals surface area (Å²) in [7, 11) is 0. The third-order valence-corrected chi connectivity index (χ3v) is 2.02. The van der Waals surface area contributed by atoms with Crippen LogP contribution in [-0.2, 0) is 28.6 Å². The van der Waals surface area contributed by atoms with E-state index in [0.717, 1.165) is 18.2 Å². The maximum Gasteiger partial charge on any atom is 0.330 e. The van der Waals surface area contributed by atoms with Crippen LogP contribution < -0.4 is 0 Å². The van der Waals surface area contributed by atoms with E-state index in [4.69, 9.17) is 19.3 Å². The molecule has 0 saturated carbocycles. The molecule has 0 aliphatic rings. The molecule has 0 aromatic heterocycles. The van der Waals surface area contributed by atoms with Crippen molar-refractivity contribution in [3.05, 3.63) is 38.0 Å². The predicted molar refractivity (Wildman–Crippen MR) is 68.4 cm³/mol. The third-order valence-electron chi connectivity index (χ3n) is 2.02. The van der Waals surface area contributed by atoms with Gasteiger partial charge in [-0.1, -0.05) is 19.7 Å². The number of carbonyl (C=O) groups is 3. The second-order valence-corrected chi connectivity index (χ2v) is 3.38. The largest absolute Gasteiger partial charge is 0.458 e. The van der Waals surface area contributed by atoms with Crippen LogP contribution in [0.4, 0.5) is 0 Å². The van der Waals surface area contributed by atoms with Crippen LogP contribution >= 0.6 is 0 Å². The molecule has 0 aromatic carbocycles. The topological polar surface area (TPSA) is 99.1 Å². The molecular formula is C13H16O7. The quantitative estimate of drug-likeness (QED) is 0.358. The molecule has 0 heterocycles. The Morgan fingerprint density at radius 1 is 0.900 bits per heavy atom. The Kier molecular flexibility index (Phi) is 8.36. The number of aliphatic hydroxyl groups is 1. The standard InChI is InChI=1S/C13H16O7/c1-4-11(15)18-8-10(20-13(17)6-3)9(7-14)19-12(16)5-2/h4-6,9-10,14H,1-3,7-8H2/t9-,10+/m1/s1. The molecule has 0 spiro atoms. The second kappa shape index (κ2) is 9.51. The van der Waals surface area contributed by atoms with Crippen molar-refractivity contribution in [1.82, 2.24) is 0 Å². The second-order valence-electron chi connectivity index (χ2n) is 3.38. The van der Waals surface area contributed by atoms with Crippen LogP contribution in [0.5, 0.6) is 0 Å². The average molecular weight is 284 g/mol. The van der Waals surface area contributed by atoms with E-state index in [9.17, 15) is 14.4 Å². The van der Waals surface area contributed by atoms with Gasteiger partial charge < -0.3 is 19.3 Å². The minimum atomic E-state index is -1.21. The van der Waals surface area contributed by atoms with E-state index in [1.54, 1.807) is 0 Å². The molecule has 7 heteroatoms. The van der Waals surface area contributed by atoms with E-state index >= 15 is 0 Å². The molecule has 0 bridgehead atoms. The molecule has 0 rings (SSSR count). The van der Waals surface area contributed by atoms with Gasteiger partial charge in [0, 0.05) is 18.2 Å². The highest BCUT2D eigenvalue weighted by Gasteiger charge is 2.28. The molecule has 2 atom stereocenters. The Balaban J connectivity index is 4.84. The molecule has 0 aliphatic carbocycles. The summed E-state index contributed by atoms with van der Waals surface area (Å²) in [6, 6.07) is 0. The van der Waals surface area contributed by atoms with E-state index in [1.165, 1.54) is 0 Å². The smallest absolute Gasteiger partial charge is 0.330 e. The minimum absolute atomic E-state index is 0.417. The fourth-order valence-electron chi connectivity index (χ4n) is 1.07. The number of carbonyl (C=O) groups excluding carboxylic acids is 3. The minimum Gasteiger partial charge on any atom is -0.458 e. The van der Waals surface area contributed by atoms with Crippen LogP contribution in [0.1, 0.15) is 0 Å². The van der Waals surface area contributed by atoms with Gasteiger partial charge >= 0.3 is 17.9 Å². The van der Waals surface area contributed by atoms with Gasteiger partial charge in [-0.25, -0.2) is 14.4 Å². The fraction of sp³-hybridized carbons (Fsp3) is 0.308. The Labute approximate surface area is 116 Å². The first-order chi connectivity index (χ1) is 9.48. The maximum absolute atomic E-state index is 11.2. The van der Waals surface area contributed by atoms with E-state index in [-0.39, 0.29) is 0 Å². The zero-order valence-electron chi connectivity index (χ0n) is 10.8. The summed E-state index contributed by atoms with van der Waals surface area (Å²) in [5.74, 6) is -2.40. The average Bonchev–Trinajstić information content (AvgIpc) is 2.47. The molecule has 20 heavy (non-hydrogen) atoms. The summed E-state index contributed by atoms with van der Waals surface area (Å²) in [5.41, 5.74) is 0. The lowest BCUT2D eigenvalue weighted by Gasteiger charge is -2.24. The van der Waals surface area contributed by atoms with Gasteiger partial charge in [0.25, 0.3) is 0 Å². The van der Waals surface area contributed by atoms with E-state index in [1.807, 2.05) is 0 Å². The maximum atomic E-state index is 11.2. The van der Waals surface area contributed by atoms with Crippen LogP contribution in [-0.4, -0.2) is 48.4 Å². The summed E-state index contributed by atoms with van der Waals surface area (Å²) in [6.07, 6.45) is 0.285. The van der Waals surface area contributed by atoms with Crippen molar-refractivity contribution in [3.63, 3.8) is 0 Å². The first kappa shape index (κ1) is 17.6. The van der Waals surface area contributed by atoms with Gasteiger partial charge in [-0.2, -0.15) is 0 Å². The fourth-order valence-corrected chi connectivity index (χ4v) is 1.07. The molecule has 0 saturated heterocycles. The van der Waals surface area contributed by atoms with Crippen molar-refractivity contribution in [2.75, 3.05) is 13.2 Å². The zero-order chi connectivity index (χ0) is 15.5. The lowest BCUT2D eigenvalue weighted by Crippen LogP contribution is -2.41. The third kappa shape index (κ3) is 6.50. The van der Waals surface area contributed by atoms with Crippen LogP contribution in [0.25, 0.3) is 0 Å². The normalized spacial score (nSPS) is 12.4. The SMILES string of the molecule is C=CC(=O)OC[C@H](OC(=O)C=C)[C@@H](CO)OC(=O)C=C. The molecule has 7 nitrogen and oxygen atoms in total. The first-order valence-electron chi connectivity index (χ1n) is 5.54. The Hall–Kier alpha value is -2.41. The molecule has 0 aliphatic heterocycles. The lowest BCUT2D eigenvalue weighted by atomic mass is 10.2. The van der Waals surface area contributed by atoms with Gasteiger partial charge in [-0.15, -0.1) is 0 Å². The molecule has 110 valence electrons. The van der Waals surface area contributed by atoms with Crippen LogP contribution in [0.15, 0.2) is 38.0 Å². The summed E-state index contributed by atoms with van der Waals surface area (Å²) < 4.78 is 14.3. The van der Waals surface area contributed by atoms with Gasteiger partial charge in [0.1, 0.15) is 6.61 Å². The molecule has 0 unspecified atom stereocenters. The summed E-state index contributed by atoms with van der Waals surface area (Å²) >= 11 is 0. The summed E-state index contributed by atoms with van der Waals surface area (Å²) in [6.45, 7) is 8.54. The van der Waals surface area contributed by atoms with Crippen LogP contribution in [0, 0.1) is 0 Å². The highest BCUT2D eigenvalue weighted by molar-refractivity contribution is 5.82. The van der Waals surface area contributed by atoms with Crippen LogP contribution in [0.3, 0.4) is 0 Å². The molecule has 0 amide bonds. The first-order valence-corrected chi connectivity index (χ1v) is 5.54. The number of hydrogen-bond acceptors (Lipinski definition) is 7. The highest BCUT2D eigenvalue weighted by atomic mass is 16.6. The summed E-state index contributed by atoms with van der Waals surface area (Å²) in [4.78, 5) is 33.2. The van der Waals surface area contributed by atoms with E-state index in [0.29, 0.717) is 0 Å². The van der Waals surface area contributed by atoms with Crippen molar-refractivity contribution in [3.8, 4) is 0 Å². The number of rotatable bonds is 9. The van der Waals surface area contributed by atoms with Crippen molar-refractivity contribution in [1.29, 1.82) is 0 Å². The monoisotopic (exact) mass is 284 g/mol. The van der Waals surface area contributed by atoms with Gasteiger partial charge in [0.15, 0.2) is 12.2 Å². The highest BCUT2D eigenvalue weighted by Crippen LogP contribution is 2.07. The van der Waals surface area contributed by atoms with Crippen molar-refractivity contribution < 1.29 is 33.7 Å². The Morgan fingerprint density at radius 2 is 1.35 bits per heavy atom. The number of hydrogen-bond donors (Lipinski definition) is 1. The Morgan fingerprint density at radius 3 is 1.75 bits per heavy atom. The predicted octanol–water partition coefficient (Wildman–Crippen LogP) is -0.0965. The molecular weight excluding hydrogens is 268 g/mol. The van der Waals surface area contributed by atoms with E-state index in [2.05, 4.69) is 19.7 Å². The van der Waals surface area contributed by atoms with Gasteiger partial charge in [0.05, 0.1) is 6.61 Å². The number of aliphatic hydroxyl groups excluding tert-OH is 1. The number of ether oxygens (including phenoxy) is 3. The van der Waals surface area contributed by atoms with Gasteiger partial charge in [-0.05, 0) is 0 Å². The Bertz CT molecular complexity index is 400. The lowest BCUT2D eigenvalue weighted by molar-refractivity contribution is -0.172. The van der Waals surface area contributed by atoms with Gasteiger partial charge in [-0.3, -0.25) is 0 Å².